The van der Waals surface area contributed by atoms with Gasteiger partial charge in [-0.15, -0.1) is 6.42 Å². The van der Waals surface area contributed by atoms with Gasteiger partial charge in [0.05, 0.1) is 16.5 Å². The van der Waals surface area contributed by atoms with Crippen LogP contribution in [0.1, 0.15) is 51.0 Å². The Bertz CT molecular complexity index is 2090. The van der Waals surface area contributed by atoms with Gasteiger partial charge in [-0.05, 0) is 74.6 Å². The van der Waals surface area contributed by atoms with E-state index in [9.17, 15) is 14.3 Å². The predicted molar refractivity (Wildman–Crippen MR) is 197 cm³/mol. The van der Waals surface area contributed by atoms with Crippen LogP contribution >= 0.6 is 0 Å². The van der Waals surface area contributed by atoms with Crippen LogP contribution in [0.5, 0.6) is 11.8 Å². The van der Waals surface area contributed by atoms with Crippen molar-refractivity contribution in [1.29, 1.82) is 0 Å². The van der Waals surface area contributed by atoms with E-state index in [-0.39, 0.29) is 71.0 Å². The summed E-state index contributed by atoms with van der Waals surface area (Å²) in [7, 11) is 0. The average Bonchev–Trinajstić information content (AvgIpc) is 3.27. The molecule has 1 amide bonds. The number of fused-ring (bicyclic) bond motifs is 2. The highest BCUT2D eigenvalue weighted by Crippen LogP contribution is 2.40. The summed E-state index contributed by atoms with van der Waals surface area (Å²) in [5, 5.41) is 14.5. The molecule has 1 unspecified atom stereocenters. The van der Waals surface area contributed by atoms with Crippen molar-refractivity contribution in [2.24, 2.45) is 5.92 Å². The van der Waals surface area contributed by atoms with Gasteiger partial charge in [0.2, 0.25) is 5.91 Å². The van der Waals surface area contributed by atoms with E-state index in [1.807, 2.05) is 11.8 Å². The zero-order chi connectivity index (χ0) is 37.3. The minimum absolute atomic E-state index is 0.0567. The number of carbonyl (C=O) groups excluding carboxylic acids is 1. The van der Waals surface area contributed by atoms with Gasteiger partial charge in [-0.25, -0.2) is 13.2 Å². The summed E-state index contributed by atoms with van der Waals surface area (Å²) >= 11 is 0. The van der Waals surface area contributed by atoms with Crippen LogP contribution in [0.4, 0.5) is 19.0 Å². The first-order valence-electron chi connectivity index (χ1n) is 18.1. The van der Waals surface area contributed by atoms with E-state index in [1.165, 1.54) is 36.5 Å². The molecule has 5 heterocycles. The molecule has 10 nitrogen and oxygen atoms in total. The molecule has 0 aliphatic carbocycles. The number of amides is 1. The first kappa shape index (κ1) is 36.4. The van der Waals surface area contributed by atoms with Crippen LogP contribution < -0.4 is 15.0 Å². The van der Waals surface area contributed by atoms with Gasteiger partial charge in [-0.2, -0.15) is 9.97 Å². The van der Waals surface area contributed by atoms with Crippen molar-refractivity contribution in [3.05, 3.63) is 60.3 Å². The topological polar surface area (TPSA) is 113 Å². The Labute approximate surface area is 306 Å². The molecule has 3 atom stereocenters. The fourth-order valence-electron chi connectivity index (χ4n) is 8.02. The number of anilines is 1. The Hall–Kier alpha value is -4.93. The smallest absolute Gasteiger partial charge is 0.319 e. The number of rotatable bonds is 9. The van der Waals surface area contributed by atoms with E-state index >= 15 is 8.78 Å². The number of halogens is 3. The minimum Gasteiger partial charge on any atom is -0.508 e. The van der Waals surface area contributed by atoms with Crippen LogP contribution in [0.15, 0.2) is 43.1 Å². The van der Waals surface area contributed by atoms with Crippen LogP contribution in [0.25, 0.3) is 32.9 Å². The van der Waals surface area contributed by atoms with E-state index in [1.54, 1.807) is 0 Å². The first-order valence-corrected chi connectivity index (χ1v) is 18.1. The number of phenolic OH excluding ortho intramolecular Hbond substituents is 1. The van der Waals surface area contributed by atoms with Gasteiger partial charge in [-0.3, -0.25) is 14.7 Å². The Morgan fingerprint density at radius 2 is 2.02 bits per heavy atom. The number of aromatic nitrogens is 3. The molecule has 0 spiro atoms. The van der Waals surface area contributed by atoms with Crippen molar-refractivity contribution in [3.8, 4) is 35.4 Å². The van der Waals surface area contributed by atoms with Crippen LogP contribution in [0.3, 0.4) is 0 Å². The second kappa shape index (κ2) is 15.2. The second-order valence-corrected chi connectivity index (χ2v) is 14.6. The fraction of sp³-hybridized carbons (Fsp3) is 0.450. The highest BCUT2D eigenvalue weighted by molar-refractivity contribution is 6.03. The summed E-state index contributed by atoms with van der Waals surface area (Å²) in [6.07, 6.45) is 11.8. The molecule has 0 saturated carbocycles. The van der Waals surface area contributed by atoms with Gasteiger partial charge in [0.15, 0.2) is 5.82 Å². The minimum atomic E-state index is -1.03. The summed E-state index contributed by atoms with van der Waals surface area (Å²) in [6, 6.07) is 5.02. The molecule has 2 aromatic heterocycles. The molecule has 3 aliphatic heterocycles. The van der Waals surface area contributed by atoms with E-state index in [4.69, 9.17) is 20.9 Å². The van der Waals surface area contributed by atoms with E-state index in [2.05, 4.69) is 32.7 Å². The number of hydrogen-bond donors (Lipinski definition) is 2. The van der Waals surface area contributed by atoms with Crippen molar-refractivity contribution < 1.29 is 32.5 Å². The summed E-state index contributed by atoms with van der Waals surface area (Å²) in [4.78, 5) is 30.2. The summed E-state index contributed by atoms with van der Waals surface area (Å²) in [5.74, 6) is 1.10. The highest BCUT2D eigenvalue weighted by atomic mass is 19.1. The number of alkyl halides is 1. The van der Waals surface area contributed by atoms with Gasteiger partial charge in [0.25, 0.3) is 0 Å². The van der Waals surface area contributed by atoms with Crippen LogP contribution in [0, 0.1) is 29.9 Å². The highest BCUT2D eigenvalue weighted by Gasteiger charge is 2.44. The van der Waals surface area contributed by atoms with Crippen molar-refractivity contribution >= 4 is 33.4 Å². The molecule has 7 rings (SSSR count). The monoisotopic (exact) mass is 728 g/mol. The quantitative estimate of drug-likeness (QED) is 0.157. The molecular weight excluding hydrogens is 685 g/mol. The summed E-state index contributed by atoms with van der Waals surface area (Å²) in [6.45, 7) is 8.89. The van der Waals surface area contributed by atoms with Crippen molar-refractivity contribution in [1.82, 2.24) is 25.2 Å². The number of carbonyl (C=O) groups is 1. The molecule has 4 aromatic rings. The van der Waals surface area contributed by atoms with Gasteiger partial charge < -0.3 is 24.8 Å². The lowest BCUT2D eigenvalue weighted by atomic mass is 9.95. The molecule has 3 fully saturated rings. The third-order valence-corrected chi connectivity index (χ3v) is 10.8. The average molecular weight is 729 g/mol. The number of nitrogens with one attached hydrogen (secondary N) is 1. The van der Waals surface area contributed by atoms with Crippen LogP contribution in [-0.4, -0.2) is 94.6 Å². The number of aromatic hydroxyl groups is 1. The molecule has 13 heteroatoms. The van der Waals surface area contributed by atoms with Gasteiger partial charge in [-0.1, -0.05) is 18.6 Å². The second-order valence-electron chi connectivity index (χ2n) is 14.6. The predicted octanol–water partition coefficient (Wildman–Crippen LogP) is 6.08. The maximum atomic E-state index is 17.1. The largest absolute Gasteiger partial charge is 0.508 e. The van der Waals surface area contributed by atoms with Crippen LogP contribution in [-0.2, 0) is 9.53 Å². The molecular formula is C40H43F3N6O4. The number of benzene rings is 2. The number of terminal acetylenes is 1. The SMILES string of the molecule is C#Cc1c(F)ccc2cc(O)cc(-c3ncc4c(N5CCCCC(NC(=O)C=C)C5)nc(OC[C@]5(C)C[C@@H](F)CN5CC5CCOCC5)nc4c3F)c12. The normalized spacial score (nSPS) is 22.8. The van der Waals surface area contributed by atoms with Gasteiger partial charge in [0, 0.05) is 69.0 Å². The summed E-state index contributed by atoms with van der Waals surface area (Å²) < 4.78 is 58.9. The summed E-state index contributed by atoms with van der Waals surface area (Å²) in [5.41, 5.74) is -0.983. The van der Waals surface area contributed by atoms with Crippen LogP contribution in [0.2, 0.25) is 0 Å². The Balaban J connectivity index is 1.32. The van der Waals surface area contributed by atoms with E-state index in [0.717, 1.165) is 32.1 Å². The van der Waals surface area contributed by atoms with Crippen molar-refractivity contribution in [2.75, 3.05) is 50.9 Å². The lowest BCUT2D eigenvalue weighted by molar-refractivity contribution is -0.117. The zero-order valence-electron chi connectivity index (χ0n) is 29.7. The molecule has 0 radical (unpaired) electrons. The number of phenols is 1. The molecule has 3 aliphatic rings. The van der Waals surface area contributed by atoms with Crippen molar-refractivity contribution in [2.45, 2.75) is 63.2 Å². The molecule has 278 valence electrons. The maximum Gasteiger partial charge on any atom is 0.319 e. The van der Waals surface area contributed by atoms with E-state index < -0.39 is 23.3 Å². The van der Waals surface area contributed by atoms with Gasteiger partial charge >= 0.3 is 6.01 Å². The first-order chi connectivity index (χ1) is 25.6. The Kier molecular flexibility index (Phi) is 10.4. The third-order valence-electron chi connectivity index (χ3n) is 10.8. The molecule has 0 bridgehead atoms. The molecule has 53 heavy (non-hydrogen) atoms. The lowest BCUT2D eigenvalue weighted by Gasteiger charge is -2.37. The Morgan fingerprint density at radius 3 is 2.79 bits per heavy atom. The van der Waals surface area contributed by atoms with E-state index in [0.29, 0.717) is 55.4 Å². The molecule has 3 saturated heterocycles. The Morgan fingerprint density at radius 1 is 1.21 bits per heavy atom. The fourth-order valence-corrected chi connectivity index (χ4v) is 8.02. The number of ether oxygens (including phenoxy) is 2. The third kappa shape index (κ3) is 7.48. The van der Waals surface area contributed by atoms with Crippen molar-refractivity contribution in [3.63, 3.8) is 0 Å². The molecule has 2 N–H and O–H groups in total. The number of pyridine rings is 1. The standard InChI is InChI=1S/C40H43F3N6O4/c1-4-29-32(42)10-9-25-16-28(50)17-30(34(25)29)36-35(43)37-31(19-44-36)38(48-13-7-6-8-27(22-48)45-33(51)5-2)47-39(46-37)53-23-40(3)18-26(41)21-49(40)20-24-11-14-52-15-12-24/h1,5,9-10,16-17,19,24,26-27,50H,2,6-8,11-15,18,20-23H2,3H3,(H,45,51)/t26-,27?,40+/m1/s1. The van der Waals surface area contributed by atoms with Gasteiger partial charge in [0.1, 0.15) is 41.4 Å². The number of hydrogen-bond acceptors (Lipinski definition) is 9. The number of likely N-dealkylation sites (tertiary alicyclic amines) is 1. The zero-order valence-corrected chi connectivity index (χ0v) is 29.7. The molecule has 2 aromatic carbocycles. The lowest BCUT2D eigenvalue weighted by Crippen LogP contribution is -2.48. The maximum absolute atomic E-state index is 17.1. The number of nitrogens with zero attached hydrogens (tertiary/aromatic N) is 5.